The Bertz CT molecular complexity index is 725. The molecule has 0 aliphatic heterocycles. The van der Waals surface area contributed by atoms with Crippen molar-refractivity contribution in [3.8, 4) is 5.75 Å². The third kappa shape index (κ3) is 4.10. The van der Waals surface area contributed by atoms with Crippen LogP contribution in [0.4, 0.5) is 5.69 Å². The smallest absolute Gasteiger partial charge is 0.338 e. The number of carbonyl (C=O) groups is 2. The van der Waals surface area contributed by atoms with Crippen LogP contribution < -0.4 is 10.1 Å². The Balaban J connectivity index is 2.12. The van der Waals surface area contributed by atoms with Crippen molar-refractivity contribution in [2.75, 3.05) is 19.5 Å². The highest BCUT2D eigenvalue weighted by molar-refractivity contribution is 5.97. The van der Waals surface area contributed by atoms with E-state index in [1.54, 1.807) is 32.2 Å². The van der Waals surface area contributed by atoms with Crippen LogP contribution >= 0.6 is 0 Å². The van der Waals surface area contributed by atoms with Gasteiger partial charge in [0, 0.05) is 5.69 Å². The van der Waals surface area contributed by atoms with Gasteiger partial charge in [-0.15, -0.1) is 0 Å². The third-order valence-corrected chi connectivity index (χ3v) is 3.51. The zero-order chi connectivity index (χ0) is 16.8. The molecule has 1 N–H and O–H groups in total. The standard InChI is InChI=1S/C18H19NO4/c1-12-15(18(21)23-3)8-5-9-16(12)19-17(20)11-13-6-4-7-14(10-13)22-2/h4-10H,11H2,1-3H3,(H,19,20). The Morgan fingerprint density at radius 2 is 1.83 bits per heavy atom. The van der Waals surface area contributed by atoms with E-state index >= 15 is 0 Å². The second kappa shape index (κ2) is 7.45. The fourth-order valence-electron chi connectivity index (χ4n) is 2.26. The predicted molar refractivity (Wildman–Crippen MR) is 87.8 cm³/mol. The number of methoxy groups -OCH3 is 2. The van der Waals surface area contributed by atoms with Gasteiger partial charge in [-0.25, -0.2) is 4.79 Å². The van der Waals surface area contributed by atoms with Gasteiger partial charge in [-0.3, -0.25) is 4.79 Å². The lowest BCUT2D eigenvalue weighted by molar-refractivity contribution is -0.115. The molecule has 1 amide bonds. The molecule has 2 aromatic rings. The van der Waals surface area contributed by atoms with Gasteiger partial charge in [0.1, 0.15) is 5.75 Å². The maximum Gasteiger partial charge on any atom is 0.338 e. The Morgan fingerprint density at radius 3 is 2.52 bits per heavy atom. The highest BCUT2D eigenvalue weighted by Gasteiger charge is 2.13. The molecule has 0 aromatic heterocycles. The number of carbonyl (C=O) groups excluding carboxylic acids is 2. The Labute approximate surface area is 135 Å². The summed E-state index contributed by atoms with van der Waals surface area (Å²) in [7, 11) is 2.91. The lowest BCUT2D eigenvalue weighted by Gasteiger charge is -2.11. The van der Waals surface area contributed by atoms with Crippen LogP contribution in [-0.4, -0.2) is 26.1 Å². The molecule has 0 saturated heterocycles. The topological polar surface area (TPSA) is 64.6 Å². The number of benzene rings is 2. The van der Waals surface area contributed by atoms with Gasteiger partial charge in [0.2, 0.25) is 5.91 Å². The van der Waals surface area contributed by atoms with Crippen molar-refractivity contribution in [1.29, 1.82) is 0 Å². The number of nitrogens with one attached hydrogen (secondary N) is 1. The third-order valence-electron chi connectivity index (χ3n) is 3.51. The number of rotatable bonds is 5. The maximum absolute atomic E-state index is 12.2. The molecule has 0 fully saturated rings. The largest absolute Gasteiger partial charge is 0.497 e. The molecule has 0 heterocycles. The first-order valence-corrected chi connectivity index (χ1v) is 7.16. The number of hydrogen-bond donors (Lipinski definition) is 1. The molecule has 5 nitrogen and oxygen atoms in total. The van der Waals surface area contributed by atoms with Crippen LogP contribution in [0, 0.1) is 6.92 Å². The van der Waals surface area contributed by atoms with Crippen LogP contribution in [0.5, 0.6) is 5.75 Å². The van der Waals surface area contributed by atoms with Gasteiger partial charge in [-0.1, -0.05) is 18.2 Å². The summed E-state index contributed by atoms with van der Waals surface area (Å²) in [4.78, 5) is 23.9. The first-order valence-electron chi connectivity index (χ1n) is 7.16. The van der Waals surface area contributed by atoms with Gasteiger partial charge in [0.15, 0.2) is 0 Å². The van der Waals surface area contributed by atoms with Gasteiger partial charge in [0.05, 0.1) is 26.2 Å². The zero-order valence-electron chi connectivity index (χ0n) is 13.4. The molecular weight excluding hydrogens is 294 g/mol. The summed E-state index contributed by atoms with van der Waals surface area (Å²) in [6.45, 7) is 1.77. The van der Waals surface area contributed by atoms with Crippen molar-refractivity contribution in [2.24, 2.45) is 0 Å². The van der Waals surface area contributed by atoms with E-state index in [4.69, 9.17) is 9.47 Å². The molecule has 5 heteroatoms. The molecule has 0 bridgehead atoms. The van der Waals surface area contributed by atoms with Crippen molar-refractivity contribution >= 4 is 17.6 Å². The lowest BCUT2D eigenvalue weighted by Crippen LogP contribution is -2.16. The van der Waals surface area contributed by atoms with Crippen molar-refractivity contribution in [1.82, 2.24) is 0 Å². The SMILES string of the molecule is COC(=O)c1cccc(NC(=O)Cc2cccc(OC)c2)c1C. The van der Waals surface area contributed by atoms with Gasteiger partial charge >= 0.3 is 5.97 Å². The van der Waals surface area contributed by atoms with E-state index in [-0.39, 0.29) is 12.3 Å². The summed E-state index contributed by atoms with van der Waals surface area (Å²) in [5.41, 5.74) is 2.56. The number of hydrogen-bond acceptors (Lipinski definition) is 4. The first-order chi connectivity index (χ1) is 11.0. The second-order valence-electron chi connectivity index (χ2n) is 5.05. The van der Waals surface area contributed by atoms with E-state index in [0.29, 0.717) is 22.6 Å². The van der Waals surface area contributed by atoms with E-state index in [1.165, 1.54) is 7.11 Å². The van der Waals surface area contributed by atoms with Gasteiger partial charge in [-0.05, 0) is 42.3 Å². The number of esters is 1. The van der Waals surface area contributed by atoms with Crippen LogP contribution in [-0.2, 0) is 16.0 Å². The average Bonchev–Trinajstić information content (AvgIpc) is 2.56. The molecule has 0 aliphatic carbocycles. The number of anilines is 1. The molecule has 0 unspecified atom stereocenters. The van der Waals surface area contributed by atoms with Crippen molar-refractivity contribution in [3.05, 3.63) is 59.2 Å². The van der Waals surface area contributed by atoms with E-state index in [9.17, 15) is 9.59 Å². The molecule has 23 heavy (non-hydrogen) atoms. The van der Waals surface area contributed by atoms with Crippen molar-refractivity contribution in [2.45, 2.75) is 13.3 Å². The zero-order valence-corrected chi connectivity index (χ0v) is 13.4. The van der Waals surface area contributed by atoms with Crippen LogP contribution in [0.2, 0.25) is 0 Å². The van der Waals surface area contributed by atoms with E-state index < -0.39 is 5.97 Å². The van der Waals surface area contributed by atoms with Gasteiger partial charge in [0.25, 0.3) is 0 Å². The Morgan fingerprint density at radius 1 is 1.09 bits per heavy atom. The highest BCUT2D eigenvalue weighted by atomic mass is 16.5. The minimum absolute atomic E-state index is 0.164. The van der Waals surface area contributed by atoms with Crippen LogP contribution in [0.15, 0.2) is 42.5 Å². The van der Waals surface area contributed by atoms with Crippen LogP contribution in [0.1, 0.15) is 21.5 Å². The molecule has 0 radical (unpaired) electrons. The molecular formula is C18H19NO4. The van der Waals surface area contributed by atoms with Crippen LogP contribution in [0.25, 0.3) is 0 Å². The summed E-state index contributed by atoms with van der Waals surface area (Å²) in [6.07, 6.45) is 0.221. The molecule has 0 aliphatic rings. The summed E-state index contributed by atoms with van der Waals surface area (Å²) in [5.74, 6) is 0.119. The normalized spacial score (nSPS) is 10.0. The summed E-state index contributed by atoms with van der Waals surface area (Å²) in [6, 6.07) is 12.5. The Hall–Kier alpha value is -2.82. The van der Waals surface area contributed by atoms with Gasteiger partial charge in [-0.2, -0.15) is 0 Å². The molecule has 2 rings (SSSR count). The quantitative estimate of drug-likeness (QED) is 0.862. The Kier molecular flexibility index (Phi) is 5.36. The monoisotopic (exact) mass is 313 g/mol. The van der Waals surface area contributed by atoms with E-state index in [2.05, 4.69) is 5.32 Å². The molecule has 120 valence electrons. The van der Waals surface area contributed by atoms with Crippen LogP contribution in [0.3, 0.4) is 0 Å². The molecule has 0 saturated carbocycles. The highest BCUT2D eigenvalue weighted by Crippen LogP contribution is 2.20. The number of ether oxygens (including phenoxy) is 2. The number of amides is 1. The fourth-order valence-corrected chi connectivity index (χ4v) is 2.26. The molecule has 2 aromatic carbocycles. The maximum atomic E-state index is 12.2. The minimum Gasteiger partial charge on any atom is -0.497 e. The predicted octanol–water partition coefficient (Wildman–Crippen LogP) is 2.97. The molecule has 0 spiro atoms. The fraction of sp³-hybridized carbons (Fsp3) is 0.222. The summed E-state index contributed by atoms with van der Waals surface area (Å²) in [5, 5.41) is 2.83. The van der Waals surface area contributed by atoms with E-state index in [1.807, 2.05) is 24.3 Å². The average molecular weight is 313 g/mol. The van der Waals surface area contributed by atoms with E-state index in [0.717, 1.165) is 5.56 Å². The van der Waals surface area contributed by atoms with Crippen molar-refractivity contribution < 1.29 is 19.1 Å². The first kappa shape index (κ1) is 16.5. The minimum atomic E-state index is -0.425. The summed E-state index contributed by atoms with van der Waals surface area (Å²) >= 11 is 0. The molecule has 0 atom stereocenters. The van der Waals surface area contributed by atoms with Gasteiger partial charge < -0.3 is 14.8 Å². The second-order valence-corrected chi connectivity index (χ2v) is 5.05. The lowest BCUT2D eigenvalue weighted by atomic mass is 10.1. The van der Waals surface area contributed by atoms with Crippen molar-refractivity contribution in [3.63, 3.8) is 0 Å². The summed E-state index contributed by atoms with van der Waals surface area (Å²) < 4.78 is 9.88.